The second-order valence-electron chi connectivity index (χ2n) is 7.07. The molecule has 0 saturated carbocycles. The Hall–Kier alpha value is -3.60. The van der Waals surface area contributed by atoms with Gasteiger partial charge >= 0.3 is 0 Å². The highest BCUT2D eigenvalue weighted by atomic mass is 19.2. The molecule has 5 heteroatoms. The van der Waals surface area contributed by atoms with Gasteiger partial charge in [0.2, 0.25) is 5.71 Å². The fraction of sp³-hybridized carbons (Fsp3) is 0.0833. The summed E-state index contributed by atoms with van der Waals surface area (Å²) in [6.07, 6.45) is 1.68. The number of halogens is 2. The van der Waals surface area contributed by atoms with Crippen LogP contribution in [0.15, 0.2) is 65.2 Å². The molecule has 0 saturated heterocycles. The average Bonchev–Trinajstić information content (AvgIpc) is 3.07. The average molecular weight is 386 g/mol. The third-order valence-corrected chi connectivity index (χ3v) is 5.13. The summed E-state index contributed by atoms with van der Waals surface area (Å²) >= 11 is 0. The summed E-state index contributed by atoms with van der Waals surface area (Å²) in [6, 6.07) is 15.5. The van der Waals surface area contributed by atoms with E-state index in [-0.39, 0.29) is 0 Å². The number of nitrogens with zero attached hydrogens (tertiary/aromatic N) is 2. The highest BCUT2D eigenvalue weighted by Crippen LogP contribution is 2.40. The third-order valence-electron chi connectivity index (χ3n) is 5.13. The Bertz CT molecular complexity index is 1410. The van der Waals surface area contributed by atoms with E-state index < -0.39 is 11.6 Å². The third kappa shape index (κ3) is 2.78. The first-order chi connectivity index (χ1) is 14.0. The Morgan fingerprint density at radius 2 is 1.69 bits per heavy atom. The van der Waals surface area contributed by atoms with Crippen molar-refractivity contribution in [3.8, 4) is 22.4 Å². The lowest BCUT2D eigenvalue weighted by Gasteiger charge is -2.12. The van der Waals surface area contributed by atoms with Gasteiger partial charge in [0.25, 0.3) is 0 Å². The molecule has 3 heterocycles. The molecular formula is C24H16F2N2O. The van der Waals surface area contributed by atoms with E-state index in [4.69, 9.17) is 4.42 Å². The van der Waals surface area contributed by atoms with E-state index >= 15 is 0 Å². The van der Waals surface area contributed by atoms with Crippen LogP contribution in [0.2, 0.25) is 0 Å². The molecule has 0 spiro atoms. The van der Waals surface area contributed by atoms with Crippen molar-refractivity contribution in [3.05, 3.63) is 83.7 Å². The molecule has 0 amide bonds. The lowest BCUT2D eigenvalue weighted by Crippen LogP contribution is -1.93. The van der Waals surface area contributed by atoms with E-state index in [1.54, 1.807) is 18.3 Å². The van der Waals surface area contributed by atoms with Gasteiger partial charge < -0.3 is 4.42 Å². The first-order valence-electron chi connectivity index (χ1n) is 9.23. The van der Waals surface area contributed by atoms with Crippen molar-refractivity contribution in [1.82, 2.24) is 9.97 Å². The van der Waals surface area contributed by atoms with Gasteiger partial charge in [0, 0.05) is 33.8 Å². The van der Waals surface area contributed by atoms with E-state index in [0.29, 0.717) is 28.1 Å². The van der Waals surface area contributed by atoms with E-state index in [9.17, 15) is 8.78 Å². The molecule has 5 aromatic rings. The first-order valence-corrected chi connectivity index (χ1v) is 9.23. The van der Waals surface area contributed by atoms with Crippen LogP contribution in [0.3, 0.4) is 0 Å². The smallest absolute Gasteiger partial charge is 0.227 e. The summed E-state index contributed by atoms with van der Waals surface area (Å²) < 4.78 is 33.5. The Morgan fingerprint density at radius 1 is 0.862 bits per heavy atom. The molecule has 0 N–H and O–H groups in total. The van der Waals surface area contributed by atoms with Crippen LogP contribution in [0.1, 0.15) is 11.3 Å². The first kappa shape index (κ1) is 17.5. The molecule has 5 rings (SSSR count). The van der Waals surface area contributed by atoms with Crippen LogP contribution in [0.4, 0.5) is 8.78 Å². The molecule has 2 aromatic carbocycles. The van der Waals surface area contributed by atoms with Crippen molar-refractivity contribution in [1.29, 1.82) is 0 Å². The Kier molecular flexibility index (Phi) is 3.91. The Balaban J connectivity index is 1.84. The molecular weight excluding hydrogens is 370 g/mol. The highest BCUT2D eigenvalue weighted by Gasteiger charge is 2.19. The number of furan rings is 1. The molecule has 0 aliphatic rings. The van der Waals surface area contributed by atoms with Crippen molar-refractivity contribution in [3.63, 3.8) is 0 Å². The van der Waals surface area contributed by atoms with Gasteiger partial charge in [0.1, 0.15) is 5.58 Å². The quantitative estimate of drug-likeness (QED) is 0.343. The van der Waals surface area contributed by atoms with Crippen molar-refractivity contribution in [2.45, 2.75) is 13.8 Å². The predicted molar refractivity (Wildman–Crippen MR) is 110 cm³/mol. The second kappa shape index (κ2) is 6.48. The number of pyridine rings is 2. The number of aromatic nitrogens is 2. The molecule has 3 aromatic heterocycles. The molecule has 0 fully saturated rings. The van der Waals surface area contributed by atoms with Crippen LogP contribution in [-0.4, -0.2) is 9.97 Å². The van der Waals surface area contributed by atoms with Crippen molar-refractivity contribution in [2.75, 3.05) is 0 Å². The zero-order valence-electron chi connectivity index (χ0n) is 15.8. The number of hydrogen-bond donors (Lipinski definition) is 0. The van der Waals surface area contributed by atoms with Crippen molar-refractivity contribution >= 4 is 22.1 Å². The summed E-state index contributed by atoms with van der Waals surface area (Å²) in [7, 11) is 0. The summed E-state index contributed by atoms with van der Waals surface area (Å²) in [4.78, 5) is 9.08. The molecule has 0 bridgehead atoms. The SMILES string of the molecule is Cc1ccc2c(n1)oc1c(-c3ncccc3-c3ccc(F)c(F)c3)c(C)ccc12. The predicted octanol–water partition coefficient (Wildman–Crippen LogP) is 6.61. The van der Waals surface area contributed by atoms with E-state index in [1.165, 1.54) is 6.07 Å². The maximum atomic E-state index is 13.9. The van der Waals surface area contributed by atoms with Crippen molar-refractivity contribution < 1.29 is 13.2 Å². The highest BCUT2D eigenvalue weighted by molar-refractivity contribution is 6.10. The topological polar surface area (TPSA) is 38.9 Å². The maximum absolute atomic E-state index is 13.9. The van der Waals surface area contributed by atoms with Gasteiger partial charge in [-0.15, -0.1) is 0 Å². The van der Waals surface area contributed by atoms with E-state index in [1.807, 2.05) is 44.2 Å². The van der Waals surface area contributed by atoms with Crippen LogP contribution in [0.25, 0.3) is 44.5 Å². The minimum absolute atomic E-state index is 0.550. The maximum Gasteiger partial charge on any atom is 0.227 e. The van der Waals surface area contributed by atoms with E-state index in [2.05, 4.69) is 9.97 Å². The summed E-state index contributed by atoms with van der Waals surface area (Å²) in [5.41, 5.74) is 5.81. The number of rotatable bonds is 2. The zero-order chi connectivity index (χ0) is 20.1. The number of hydrogen-bond acceptors (Lipinski definition) is 3. The van der Waals surface area contributed by atoms with Crippen LogP contribution in [0, 0.1) is 25.5 Å². The Labute approximate surface area is 165 Å². The van der Waals surface area contributed by atoms with Gasteiger partial charge in [-0.25, -0.2) is 13.8 Å². The molecule has 142 valence electrons. The van der Waals surface area contributed by atoms with Crippen LogP contribution < -0.4 is 0 Å². The van der Waals surface area contributed by atoms with Crippen LogP contribution in [0.5, 0.6) is 0 Å². The van der Waals surface area contributed by atoms with Gasteiger partial charge in [-0.3, -0.25) is 4.98 Å². The van der Waals surface area contributed by atoms with Gasteiger partial charge in [-0.05, 0) is 55.3 Å². The second-order valence-corrected chi connectivity index (χ2v) is 7.07. The number of benzene rings is 2. The normalized spacial score (nSPS) is 11.4. The van der Waals surface area contributed by atoms with Gasteiger partial charge in [-0.1, -0.05) is 24.3 Å². The summed E-state index contributed by atoms with van der Waals surface area (Å²) in [5.74, 6) is -1.77. The van der Waals surface area contributed by atoms with Crippen LogP contribution >= 0.6 is 0 Å². The molecule has 0 aliphatic heterocycles. The van der Waals surface area contributed by atoms with Crippen molar-refractivity contribution in [2.24, 2.45) is 0 Å². The molecule has 0 unspecified atom stereocenters. The standard InChI is InChI=1S/C24H16F2N2O/c1-13-5-8-17-18-9-6-14(2)28-24(18)29-23(17)21(13)22-16(4-3-11-27-22)15-7-10-19(25)20(26)12-15/h3-12H,1-2H3. The molecule has 0 atom stereocenters. The fourth-order valence-electron chi connectivity index (χ4n) is 3.71. The lowest BCUT2D eigenvalue weighted by atomic mass is 9.95. The number of aryl methyl sites for hydroxylation is 2. The minimum Gasteiger partial charge on any atom is -0.437 e. The minimum atomic E-state index is -0.893. The van der Waals surface area contributed by atoms with Crippen LogP contribution in [-0.2, 0) is 0 Å². The largest absolute Gasteiger partial charge is 0.437 e. The molecule has 29 heavy (non-hydrogen) atoms. The summed E-state index contributed by atoms with van der Waals surface area (Å²) in [6.45, 7) is 3.89. The number of fused-ring (bicyclic) bond motifs is 3. The fourth-order valence-corrected chi connectivity index (χ4v) is 3.71. The van der Waals surface area contributed by atoms with Gasteiger partial charge in [-0.2, -0.15) is 0 Å². The lowest BCUT2D eigenvalue weighted by molar-refractivity contribution is 0.509. The zero-order valence-corrected chi connectivity index (χ0v) is 15.8. The monoisotopic (exact) mass is 386 g/mol. The van der Waals surface area contributed by atoms with Gasteiger partial charge in [0.05, 0.1) is 5.69 Å². The molecule has 3 nitrogen and oxygen atoms in total. The molecule has 0 radical (unpaired) electrons. The summed E-state index contributed by atoms with van der Waals surface area (Å²) in [5, 5.41) is 1.87. The van der Waals surface area contributed by atoms with Gasteiger partial charge in [0.15, 0.2) is 11.6 Å². The Morgan fingerprint density at radius 3 is 2.52 bits per heavy atom. The molecule has 0 aliphatic carbocycles. The van der Waals surface area contributed by atoms with E-state index in [0.717, 1.165) is 33.7 Å².